The van der Waals surface area contributed by atoms with Gasteiger partial charge in [-0.15, -0.1) is 0 Å². The monoisotopic (exact) mass is 266 g/mol. The van der Waals surface area contributed by atoms with Crippen molar-refractivity contribution in [1.82, 2.24) is 20.4 Å². The van der Waals surface area contributed by atoms with E-state index in [1.807, 2.05) is 4.90 Å². The molecule has 2 heterocycles. The Morgan fingerprint density at radius 3 is 2.89 bits per heavy atom. The van der Waals surface area contributed by atoms with Crippen LogP contribution in [0.15, 0.2) is 4.52 Å². The summed E-state index contributed by atoms with van der Waals surface area (Å²) >= 11 is 0. The summed E-state index contributed by atoms with van der Waals surface area (Å²) in [6, 6.07) is 0. The molecule has 19 heavy (non-hydrogen) atoms. The van der Waals surface area contributed by atoms with Crippen molar-refractivity contribution in [3.05, 3.63) is 11.7 Å². The quantitative estimate of drug-likeness (QED) is 0.823. The standard InChI is InChI=1S/C13H22N4O2/c1-2-4-11-15-12(19-16-11)5-3-6-13(18)17-9-7-14-8-10-17/h14H,2-10H2,1H3. The van der Waals surface area contributed by atoms with E-state index in [1.54, 1.807) is 0 Å². The largest absolute Gasteiger partial charge is 0.340 e. The van der Waals surface area contributed by atoms with Gasteiger partial charge >= 0.3 is 0 Å². The molecule has 0 aromatic carbocycles. The maximum absolute atomic E-state index is 11.9. The highest BCUT2D eigenvalue weighted by Crippen LogP contribution is 2.06. The molecule has 1 saturated heterocycles. The van der Waals surface area contributed by atoms with Gasteiger partial charge in [-0.05, 0) is 12.8 Å². The van der Waals surface area contributed by atoms with Gasteiger partial charge in [-0.25, -0.2) is 0 Å². The first-order chi connectivity index (χ1) is 9.29. The summed E-state index contributed by atoms with van der Waals surface area (Å²) < 4.78 is 5.15. The van der Waals surface area contributed by atoms with E-state index in [0.717, 1.165) is 51.3 Å². The predicted octanol–water partition coefficient (Wildman–Crippen LogP) is 0.777. The molecule has 6 nitrogen and oxygen atoms in total. The summed E-state index contributed by atoms with van der Waals surface area (Å²) in [6.45, 7) is 5.52. The minimum Gasteiger partial charge on any atom is -0.340 e. The number of nitrogens with one attached hydrogen (secondary N) is 1. The number of hydrogen-bond donors (Lipinski definition) is 1. The molecule has 1 N–H and O–H groups in total. The van der Waals surface area contributed by atoms with Crippen LogP contribution in [0.2, 0.25) is 0 Å². The molecule has 1 amide bonds. The maximum Gasteiger partial charge on any atom is 0.226 e. The fourth-order valence-electron chi connectivity index (χ4n) is 2.18. The molecule has 1 aromatic rings. The highest BCUT2D eigenvalue weighted by Gasteiger charge is 2.16. The molecule has 1 aliphatic rings. The zero-order valence-electron chi connectivity index (χ0n) is 11.5. The summed E-state index contributed by atoms with van der Waals surface area (Å²) in [5, 5.41) is 7.14. The zero-order chi connectivity index (χ0) is 13.5. The average Bonchev–Trinajstić information content (AvgIpc) is 2.88. The van der Waals surface area contributed by atoms with Crippen LogP contribution in [-0.4, -0.2) is 47.1 Å². The van der Waals surface area contributed by atoms with Crippen LogP contribution in [-0.2, 0) is 17.6 Å². The average molecular weight is 266 g/mol. The molecule has 0 atom stereocenters. The van der Waals surface area contributed by atoms with Gasteiger partial charge in [-0.1, -0.05) is 12.1 Å². The molecular formula is C13H22N4O2. The first-order valence-corrected chi connectivity index (χ1v) is 7.09. The van der Waals surface area contributed by atoms with Crippen LogP contribution in [0.5, 0.6) is 0 Å². The van der Waals surface area contributed by atoms with Gasteiger partial charge in [0, 0.05) is 45.4 Å². The minimum absolute atomic E-state index is 0.231. The molecule has 0 spiro atoms. The Labute approximate surface area is 113 Å². The topological polar surface area (TPSA) is 71.3 Å². The number of aryl methyl sites for hydroxylation is 2. The summed E-state index contributed by atoms with van der Waals surface area (Å²) in [4.78, 5) is 18.1. The van der Waals surface area contributed by atoms with E-state index in [0.29, 0.717) is 18.7 Å². The SMILES string of the molecule is CCCc1noc(CCCC(=O)N2CCNCC2)n1. The number of nitrogens with zero attached hydrogens (tertiary/aromatic N) is 3. The van der Waals surface area contributed by atoms with E-state index < -0.39 is 0 Å². The second kappa shape index (κ2) is 7.23. The predicted molar refractivity (Wildman–Crippen MR) is 70.7 cm³/mol. The van der Waals surface area contributed by atoms with Gasteiger partial charge in [0.1, 0.15) is 0 Å². The van der Waals surface area contributed by atoms with Gasteiger partial charge in [0.15, 0.2) is 5.82 Å². The summed E-state index contributed by atoms with van der Waals surface area (Å²) in [7, 11) is 0. The summed E-state index contributed by atoms with van der Waals surface area (Å²) in [5.74, 6) is 1.65. The van der Waals surface area contributed by atoms with Crippen molar-refractivity contribution < 1.29 is 9.32 Å². The van der Waals surface area contributed by atoms with Crippen molar-refractivity contribution >= 4 is 5.91 Å². The molecule has 1 fully saturated rings. The van der Waals surface area contributed by atoms with Crippen molar-refractivity contribution in [2.75, 3.05) is 26.2 Å². The normalized spacial score (nSPS) is 15.7. The molecule has 0 aliphatic carbocycles. The lowest BCUT2D eigenvalue weighted by molar-refractivity contribution is -0.131. The van der Waals surface area contributed by atoms with E-state index in [1.165, 1.54) is 0 Å². The lowest BCUT2D eigenvalue weighted by Gasteiger charge is -2.27. The van der Waals surface area contributed by atoms with Crippen LogP contribution in [0, 0.1) is 0 Å². The van der Waals surface area contributed by atoms with E-state index in [2.05, 4.69) is 22.4 Å². The lowest BCUT2D eigenvalue weighted by Crippen LogP contribution is -2.46. The van der Waals surface area contributed by atoms with Crippen molar-refractivity contribution in [3.8, 4) is 0 Å². The smallest absolute Gasteiger partial charge is 0.226 e. The van der Waals surface area contributed by atoms with Crippen LogP contribution in [0.25, 0.3) is 0 Å². The first-order valence-electron chi connectivity index (χ1n) is 7.09. The molecule has 0 bridgehead atoms. The second-order valence-corrected chi connectivity index (χ2v) is 4.84. The molecule has 2 rings (SSSR count). The Morgan fingerprint density at radius 1 is 1.37 bits per heavy atom. The molecular weight excluding hydrogens is 244 g/mol. The van der Waals surface area contributed by atoms with Crippen molar-refractivity contribution in [2.24, 2.45) is 0 Å². The van der Waals surface area contributed by atoms with Gasteiger partial charge in [-0.2, -0.15) is 4.98 Å². The van der Waals surface area contributed by atoms with Crippen molar-refractivity contribution in [1.29, 1.82) is 0 Å². The molecule has 1 aromatic heterocycles. The number of carbonyl (C=O) groups is 1. The third-order valence-electron chi connectivity index (χ3n) is 3.23. The number of hydrogen-bond acceptors (Lipinski definition) is 5. The van der Waals surface area contributed by atoms with E-state index >= 15 is 0 Å². The van der Waals surface area contributed by atoms with Crippen molar-refractivity contribution in [3.63, 3.8) is 0 Å². The van der Waals surface area contributed by atoms with E-state index in [-0.39, 0.29) is 5.91 Å². The van der Waals surface area contributed by atoms with Crippen LogP contribution in [0.4, 0.5) is 0 Å². The molecule has 6 heteroatoms. The summed E-state index contributed by atoms with van der Waals surface area (Å²) in [6.07, 6.45) is 3.89. The Kier molecular flexibility index (Phi) is 5.32. The van der Waals surface area contributed by atoms with Crippen LogP contribution >= 0.6 is 0 Å². The number of aromatic nitrogens is 2. The zero-order valence-corrected chi connectivity index (χ0v) is 11.5. The van der Waals surface area contributed by atoms with Gasteiger partial charge < -0.3 is 14.7 Å². The fraction of sp³-hybridized carbons (Fsp3) is 0.769. The first kappa shape index (κ1) is 14.0. The number of rotatable bonds is 6. The molecule has 106 valence electrons. The fourth-order valence-corrected chi connectivity index (χ4v) is 2.18. The maximum atomic E-state index is 11.9. The van der Waals surface area contributed by atoms with Gasteiger partial charge in [0.05, 0.1) is 0 Å². The number of carbonyl (C=O) groups excluding carboxylic acids is 1. The number of amides is 1. The highest BCUT2D eigenvalue weighted by molar-refractivity contribution is 5.76. The molecule has 0 saturated carbocycles. The van der Waals surface area contributed by atoms with Crippen LogP contribution in [0.1, 0.15) is 37.9 Å². The van der Waals surface area contributed by atoms with Crippen molar-refractivity contribution in [2.45, 2.75) is 39.0 Å². The van der Waals surface area contributed by atoms with Crippen LogP contribution < -0.4 is 5.32 Å². The third-order valence-corrected chi connectivity index (χ3v) is 3.23. The third kappa shape index (κ3) is 4.31. The van der Waals surface area contributed by atoms with Gasteiger partial charge in [0.25, 0.3) is 0 Å². The highest BCUT2D eigenvalue weighted by atomic mass is 16.5. The summed E-state index contributed by atoms with van der Waals surface area (Å²) in [5.41, 5.74) is 0. The Balaban J connectivity index is 1.68. The van der Waals surface area contributed by atoms with Crippen LogP contribution in [0.3, 0.4) is 0 Å². The van der Waals surface area contributed by atoms with Gasteiger partial charge in [0.2, 0.25) is 11.8 Å². The molecule has 1 aliphatic heterocycles. The Morgan fingerprint density at radius 2 is 2.16 bits per heavy atom. The van der Waals surface area contributed by atoms with E-state index in [9.17, 15) is 4.79 Å². The Hall–Kier alpha value is -1.43. The number of piperazine rings is 1. The minimum atomic E-state index is 0.231. The lowest BCUT2D eigenvalue weighted by atomic mass is 10.2. The molecule has 0 unspecified atom stereocenters. The Bertz CT molecular complexity index is 399. The van der Waals surface area contributed by atoms with E-state index in [4.69, 9.17) is 4.52 Å². The molecule has 0 radical (unpaired) electrons. The second-order valence-electron chi connectivity index (χ2n) is 4.84. The van der Waals surface area contributed by atoms with Gasteiger partial charge in [-0.3, -0.25) is 4.79 Å².